The van der Waals surface area contributed by atoms with Crippen LogP contribution in [0.5, 0.6) is 0 Å². The van der Waals surface area contributed by atoms with Gasteiger partial charge < -0.3 is 5.32 Å². The van der Waals surface area contributed by atoms with E-state index in [4.69, 9.17) is 0 Å². The molecule has 0 saturated carbocycles. The molecule has 28 heavy (non-hydrogen) atoms. The SMILES string of the molecule is Cc1ccc(-c2nc(CCNC(=O)c3cccc(-n4cnnn4)c3)cs2)cc1. The van der Waals surface area contributed by atoms with Crippen molar-refractivity contribution in [3.63, 3.8) is 0 Å². The molecule has 1 N–H and O–H groups in total. The zero-order valence-corrected chi connectivity index (χ0v) is 16.1. The third-order valence-electron chi connectivity index (χ3n) is 4.24. The number of tetrazole rings is 1. The van der Waals surface area contributed by atoms with Crippen LogP contribution in [0.4, 0.5) is 0 Å². The minimum atomic E-state index is -0.135. The fourth-order valence-electron chi connectivity index (χ4n) is 2.73. The van der Waals surface area contributed by atoms with Crippen molar-refractivity contribution in [2.75, 3.05) is 6.54 Å². The van der Waals surface area contributed by atoms with E-state index >= 15 is 0 Å². The van der Waals surface area contributed by atoms with Crippen LogP contribution in [0, 0.1) is 6.92 Å². The van der Waals surface area contributed by atoms with Gasteiger partial charge in [-0.3, -0.25) is 4.79 Å². The van der Waals surface area contributed by atoms with Crippen LogP contribution in [0.1, 0.15) is 21.6 Å². The van der Waals surface area contributed by atoms with Gasteiger partial charge in [0.15, 0.2) is 0 Å². The summed E-state index contributed by atoms with van der Waals surface area (Å²) in [6, 6.07) is 15.5. The molecule has 0 bridgehead atoms. The van der Waals surface area contributed by atoms with Crippen molar-refractivity contribution >= 4 is 17.2 Å². The molecule has 0 atom stereocenters. The Bertz CT molecular complexity index is 1070. The number of benzene rings is 2. The van der Waals surface area contributed by atoms with Crippen molar-refractivity contribution in [3.8, 4) is 16.3 Å². The van der Waals surface area contributed by atoms with Crippen molar-refractivity contribution in [1.82, 2.24) is 30.5 Å². The van der Waals surface area contributed by atoms with E-state index in [9.17, 15) is 4.79 Å². The maximum absolute atomic E-state index is 12.4. The maximum atomic E-state index is 12.4. The molecule has 2 aromatic carbocycles. The van der Waals surface area contributed by atoms with Gasteiger partial charge in [0.05, 0.1) is 11.4 Å². The van der Waals surface area contributed by atoms with E-state index in [0.29, 0.717) is 18.5 Å². The second kappa shape index (κ2) is 8.10. The topological polar surface area (TPSA) is 85.6 Å². The number of thiazole rings is 1. The van der Waals surface area contributed by atoms with E-state index in [1.54, 1.807) is 29.5 Å². The molecule has 2 heterocycles. The lowest BCUT2D eigenvalue weighted by atomic mass is 10.1. The number of rotatable bonds is 6. The summed E-state index contributed by atoms with van der Waals surface area (Å²) >= 11 is 1.62. The third kappa shape index (κ3) is 4.12. The molecule has 7 nitrogen and oxygen atoms in total. The molecule has 4 rings (SSSR count). The number of carbonyl (C=O) groups is 1. The summed E-state index contributed by atoms with van der Waals surface area (Å²) < 4.78 is 1.51. The van der Waals surface area contributed by atoms with Crippen LogP contribution in [0.3, 0.4) is 0 Å². The van der Waals surface area contributed by atoms with E-state index in [1.807, 2.05) is 11.4 Å². The molecule has 0 spiro atoms. The van der Waals surface area contributed by atoms with Gasteiger partial charge in [-0.05, 0) is 35.5 Å². The molecule has 0 unspecified atom stereocenters. The van der Waals surface area contributed by atoms with Crippen LogP contribution < -0.4 is 5.32 Å². The summed E-state index contributed by atoms with van der Waals surface area (Å²) in [6.07, 6.45) is 2.17. The summed E-state index contributed by atoms with van der Waals surface area (Å²) in [5, 5.41) is 17.0. The minimum Gasteiger partial charge on any atom is -0.352 e. The summed E-state index contributed by atoms with van der Waals surface area (Å²) in [4.78, 5) is 17.1. The van der Waals surface area contributed by atoms with Crippen LogP contribution in [-0.2, 0) is 6.42 Å². The van der Waals surface area contributed by atoms with E-state index in [0.717, 1.165) is 22.0 Å². The number of aryl methyl sites for hydroxylation is 1. The highest BCUT2D eigenvalue weighted by Gasteiger charge is 2.09. The number of nitrogens with one attached hydrogen (secondary N) is 1. The van der Waals surface area contributed by atoms with Crippen molar-refractivity contribution in [1.29, 1.82) is 0 Å². The standard InChI is InChI=1S/C20H18N6OS/c1-14-5-7-15(8-6-14)20-23-17(12-28-20)9-10-21-19(27)16-3-2-4-18(11-16)26-13-22-24-25-26/h2-8,11-13H,9-10H2,1H3,(H,21,27). The van der Waals surface area contributed by atoms with Crippen molar-refractivity contribution in [3.05, 3.63) is 77.1 Å². The third-order valence-corrected chi connectivity index (χ3v) is 5.18. The fraction of sp³-hybridized carbons (Fsp3) is 0.150. The van der Waals surface area contributed by atoms with Crippen LogP contribution in [-0.4, -0.2) is 37.6 Å². The average Bonchev–Trinajstić information content (AvgIpc) is 3.41. The maximum Gasteiger partial charge on any atom is 0.251 e. The smallest absolute Gasteiger partial charge is 0.251 e. The van der Waals surface area contributed by atoms with Crippen LogP contribution >= 0.6 is 11.3 Å². The lowest BCUT2D eigenvalue weighted by Gasteiger charge is -2.06. The Kier molecular flexibility index (Phi) is 5.20. The molecule has 2 aromatic heterocycles. The molecule has 8 heteroatoms. The van der Waals surface area contributed by atoms with Gasteiger partial charge in [-0.1, -0.05) is 35.9 Å². The number of hydrogen-bond acceptors (Lipinski definition) is 6. The highest BCUT2D eigenvalue weighted by molar-refractivity contribution is 7.13. The second-order valence-electron chi connectivity index (χ2n) is 6.32. The number of amides is 1. The predicted molar refractivity (Wildman–Crippen MR) is 107 cm³/mol. The van der Waals surface area contributed by atoms with E-state index < -0.39 is 0 Å². The normalized spacial score (nSPS) is 10.8. The quantitative estimate of drug-likeness (QED) is 0.547. The zero-order valence-electron chi connectivity index (χ0n) is 15.2. The number of hydrogen-bond donors (Lipinski definition) is 1. The molecule has 0 radical (unpaired) electrons. The summed E-state index contributed by atoms with van der Waals surface area (Å²) in [7, 11) is 0. The van der Waals surface area contributed by atoms with E-state index in [1.165, 1.54) is 16.6 Å². The van der Waals surface area contributed by atoms with Crippen molar-refractivity contribution < 1.29 is 4.79 Å². The first-order valence-corrected chi connectivity index (χ1v) is 9.70. The van der Waals surface area contributed by atoms with Gasteiger partial charge in [-0.15, -0.1) is 16.4 Å². The highest BCUT2D eigenvalue weighted by Crippen LogP contribution is 2.24. The number of nitrogens with zero attached hydrogens (tertiary/aromatic N) is 5. The molecule has 0 aliphatic heterocycles. The molecule has 4 aromatic rings. The molecular formula is C20H18N6OS. The molecule has 1 amide bonds. The van der Waals surface area contributed by atoms with E-state index in [-0.39, 0.29) is 5.91 Å². The lowest BCUT2D eigenvalue weighted by Crippen LogP contribution is -2.25. The monoisotopic (exact) mass is 390 g/mol. The summed E-state index contributed by atoms with van der Waals surface area (Å²) in [5.41, 5.74) is 4.62. The first-order chi connectivity index (χ1) is 13.7. The first kappa shape index (κ1) is 18.0. The van der Waals surface area contributed by atoms with Crippen molar-refractivity contribution in [2.24, 2.45) is 0 Å². The largest absolute Gasteiger partial charge is 0.352 e. The molecule has 0 aliphatic carbocycles. The Morgan fingerprint density at radius 3 is 2.82 bits per heavy atom. The zero-order chi connectivity index (χ0) is 19.3. The van der Waals surface area contributed by atoms with Gasteiger partial charge >= 0.3 is 0 Å². The van der Waals surface area contributed by atoms with Gasteiger partial charge in [0, 0.05) is 29.5 Å². The van der Waals surface area contributed by atoms with Gasteiger partial charge in [-0.2, -0.15) is 0 Å². The highest BCUT2D eigenvalue weighted by atomic mass is 32.1. The van der Waals surface area contributed by atoms with Crippen LogP contribution in [0.2, 0.25) is 0 Å². The Morgan fingerprint density at radius 2 is 2.04 bits per heavy atom. The molecule has 0 saturated heterocycles. The van der Waals surface area contributed by atoms with Gasteiger partial charge in [0.25, 0.3) is 5.91 Å². The van der Waals surface area contributed by atoms with Crippen LogP contribution in [0.15, 0.2) is 60.2 Å². The first-order valence-electron chi connectivity index (χ1n) is 8.82. The average molecular weight is 390 g/mol. The van der Waals surface area contributed by atoms with Gasteiger partial charge in [0.2, 0.25) is 0 Å². The fourth-order valence-corrected chi connectivity index (χ4v) is 3.59. The number of carbonyl (C=O) groups excluding carboxylic acids is 1. The number of aromatic nitrogens is 5. The Morgan fingerprint density at radius 1 is 1.18 bits per heavy atom. The molecule has 0 aliphatic rings. The summed E-state index contributed by atoms with van der Waals surface area (Å²) in [6.45, 7) is 2.59. The molecule has 0 fully saturated rings. The Balaban J connectivity index is 1.35. The molecule has 140 valence electrons. The van der Waals surface area contributed by atoms with Crippen LogP contribution in [0.25, 0.3) is 16.3 Å². The molecular weight excluding hydrogens is 372 g/mol. The second-order valence-corrected chi connectivity index (χ2v) is 7.18. The Hall–Kier alpha value is -3.39. The van der Waals surface area contributed by atoms with Crippen molar-refractivity contribution in [2.45, 2.75) is 13.3 Å². The predicted octanol–water partition coefficient (Wildman–Crippen LogP) is 3.07. The Labute approximate surface area is 166 Å². The van der Waals surface area contributed by atoms with Gasteiger partial charge in [0.1, 0.15) is 11.3 Å². The summed E-state index contributed by atoms with van der Waals surface area (Å²) in [5.74, 6) is -0.135. The lowest BCUT2D eigenvalue weighted by molar-refractivity contribution is 0.0954. The van der Waals surface area contributed by atoms with Gasteiger partial charge in [-0.25, -0.2) is 9.67 Å². The van der Waals surface area contributed by atoms with E-state index in [2.05, 4.69) is 57.0 Å². The minimum absolute atomic E-state index is 0.135.